The summed E-state index contributed by atoms with van der Waals surface area (Å²) in [5.74, 6) is 1.65. The number of benzene rings is 2. The van der Waals surface area contributed by atoms with Crippen LogP contribution in [0.1, 0.15) is 6.42 Å². The molecular weight excluding hydrogens is 342 g/mol. The molecule has 1 N–H and O–H groups in total. The minimum absolute atomic E-state index is 0.0114. The predicted octanol–water partition coefficient (Wildman–Crippen LogP) is 3.35. The van der Waals surface area contributed by atoms with Crippen molar-refractivity contribution in [1.82, 2.24) is 10.2 Å². The van der Waals surface area contributed by atoms with Crippen molar-refractivity contribution in [3.63, 3.8) is 0 Å². The molecule has 1 aliphatic rings. The van der Waals surface area contributed by atoms with Crippen molar-refractivity contribution in [3.05, 3.63) is 54.6 Å². The molecular formula is C21H27N3O3. The molecule has 2 aromatic rings. The number of ether oxygens (including phenoxy) is 2. The molecule has 6 heteroatoms. The Morgan fingerprint density at radius 2 is 1.63 bits per heavy atom. The van der Waals surface area contributed by atoms with E-state index in [0.29, 0.717) is 13.2 Å². The van der Waals surface area contributed by atoms with E-state index >= 15 is 0 Å². The van der Waals surface area contributed by atoms with Crippen LogP contribution in [0.5, 0.6) is 11.5 Å². The van der Waals surface area contributed by atoms with Crippen LogP contribution >= 0.6 is 0 Å². The van der Waals surface area contributed by atoms with Crippen LogP contribution in [0, 0.1) is 0 Å². The summed E-state index contributed by atoms with van der Waals surface area (Å²) >= 11 is 0. The van der Waals surface area contributed by atoms with Crippen LogP contribution in [0.3, 0.4) is 0 Å². The van der Waals surface area contributed by atoms with Gasteiger partial charge in [0, 0.05) is 52.1 Å². The number of urea groups is 1. The third kappa shape index (κ3) is 5.62. The van der Waals surface area contributed by atoms with E-state index in [-0.39, 0.29) is 6.03 Å². The zero-order valence-corrected chi connectivity index (χ0v) is 15.8. The van der Waals surface area contributed by atoms with Gasteiger partial charge in [0.15, 0.2) is 0 Å². The monoisotopic (exact) mass is 369 g/mol. The predicted molar refractivity (Wildman–Crippen MR) is 107 cm³/mol. The van der Waals surface area contributed by atoms with Crippen LogP contribution in [0.25, 0.3) is 0 Å². The maximum atomic E-state index is 12.2. The van der Waals surface area contributed by atoms with Gasteiger partial charge in [-0.3, -0.25) is 0 Å². The first kappa shape index (κ1) is 19.0. The van der Waals surface area contributed by atoms with Crippen molar-refractivity contribution < 1.29 is 14.3 Å². The van der Waals surface area contributed by atoms with E-state index in [1.165, 1.54) is 0 Å². The van der Waals surface area contributed by atoms with Crippen molar-refractivity contribution >= 4 is 11.7 Å². The quantitative estimate of drug-likeness (QED) is 0.761. The zero-order chi connectivity index (χ0) is 18.9. The summed E-state index contributed by atoms with van der Waals surface area (Å²) in [6.07, 6.45) is 0.833. The maximum absolute atomic E-state index is 12.2. The van der Waals surface area contributed by atoms with Crippen molar-refractivity contribution in [2.24, 2.45) is 0 Å². The van der Waals surface area contributed by atoms with Crippen molar-refractivity contribution in [2.45, 2.75) is 6.42 Å². The van der Waals surface area contributed by atoms with Gasteiger partial charge < -0.3 is 24.6 Å². The number of carbonyl (C=O) groups is 1. The van der Waals surface area contributed by atoms with Gasteiger partial charge in [0.2, 0.25) is 0 Å². The highest BCUT2D eigenvalue weighted by Crippen LogP contribution is 2.24. The van der Waals surface area contributed by atoms with Crippen molar-refractivity contribution in [3.8, 4) is 11.5 Å². The fourth-order valence-electron chi connectivity index (χ4n) is 3.04. The fraction of sp³-hybridized carbons (Fsp3) is 0.381. The van der Waals surface area contributed by atoms with E-state index in [1.54, 1.807) is 7.11 Å². The Balaban J connectivity index is 1.46. The Labute approximate surface area is 160 Å². The summed E-state index contributed by atoms with van der Waals surface area (Å²) in [4.78, 5) is 16.3. The third-order valence-electron chi connectivity index (χ3n) is 4.55. The molecule has 0 atom stereocenters. The molecule has 1 fully saturated rings. The largest absolute Gasteiger partial charge is 0.457 e. The summed E-state index contributed by atoms with van der Waals surface area (Å²) < 4.78 is 10.8. The number of nitrogens with zero attached hydrogens (tertiary/aromatic N) is 2. The Morgan fingerprint density at radius 3 is 2.30 bits per heavy atom. The van der Waals surface area contributed by atoms with E-state index < -0.39 is 0 Å². The molecule has 6 nitrogen and oxygen atoms in total. The third-order valence-corrected chi connectivity index (χ3v) is 4.55. The first-order valence-corrected chi connectivity index (χ1v) is 9.36. The molecule has 1 saturated heterocycles. The van der Waals surface area contributed by atoms with Gasteiger partial charge in [0.1, 0.15) is 11.5 Å². The Morgan fingerprint density at radius 1 is 0.963 bits per heavy atom. The highest BCUT2D eigenvalue weighted by atomic mass is 16.5. The summed E-state index contributed by atoms with van der Waals surface area (Å²) in [5, 5.41) is 2.94. The first-order valence-electron chi connectivity index (χ1n) is 9.36. The minimum Gasteiger partial charge on any atom is -0.457 e. The summed E-state index contributed by atoms with van der Waals surface area (Å²) in [7, 11) is 1.67. The van der Waals surface area contributed by atoms with Crippen molar-refractivity contribution in [2.75, 3.05) is 51.3 Å². The van der Waals surface area contributed by atoms with E-state index in [2.05, 4.69) is 22.3 Å². The average Bonchev–Trinajstić information content (AvgIpc) is 2.72. The number of para-hydroxylation sites is 1. The molecule has 0 bridgehead atoms. The number of methoxy groups -OCH3 is 1. The van der Waals surface area contributed by atoms with E-state index in [0.717, 1.165) is 49.8 Å². The second kappa shape index (κ2) is 9.83. The van der Waals surface area contributed by atoms with Gasteiger partial charge in [-0.2, -0.15) is 0 Å². The highest BCUT2D eigenvalue weighted by molar-refractivity contribution is 5.74. The van der Waals surface area contributed by atoms with Crippen LogP contribution < -0.4 is 15.0 Å². The summed E-state index contributed by atoms with van der Waals surface area (Å²) in [5.41, 5.74) is 1.15. The first-order chi connectivity index (χ1) is 13.3. The number of hydrogen-bond acceptors (Lipinski definition) is 4. The van der Waals surface area contributed by atoms with Crippen LogP contribution in [0.2, 0.25) is 0 Å². The molecule has 0 spiro atoms. The van der Waals surface area contributed by atoms with Gasteiger partial charge >= 0.3 is 6.03 Å². The highest BCUT2D eigenvalue weighted by Gasteiger charge is 2.20. The molecule has 144 valence electrons. The van der Waals surface area contributed by atoms with Crippen LogP contribution in [0.15, 0.2) is 54.6 Å². The zero-order valence-electron chi connectivity index (χ0n) is 15.8. The minimum atomic E-state index is 0.0114. The number of rotatable bonds is 7. The van der Waals surface area contributed by atoms with E-state index in [4.69, 9.17) is 9.47 Å². The van der Waals surface area contributed by atoms with Gasteiger partial charge in [-0.05, 0) is 42.8 Å². The smallest absolute Gasteiger partial charge is 0.317 e. The van der Waals surface area contributed by atoms with Gasteiger partial charge in [-0.1, -0.05) is 18.2 Å². The van der Waals surface area contributed by atoms with Gasteiger partial charge in [-0.15, -0.1) is 0 Å². The summed E-state index contributed by atoms with van der Waals surface area (Å²) in [6, 6.07) is 17.9. The summed E-state index contributed by atoms with van der Waals surface area (Å²) in [6.45, 7) is 4.40. The van der Waals surface area contributed by atoms with Crippen LogP contribution in [0.4, 0.5) is 10.5 Å². The number of nitrogens with one attached hydrogen (secondary N) is 1. The normalized spacial score (nSPS) is 14.1. The molecule has 2 aromatic carbocycles. The molecule has 0 aromatic heterocycles. The number of piperazine rings is 1. The molecule has 0 aliphatic carbocycles. The molecule has 0 saturated carbocycles. The Hall–Kier alpha value is -2.73. The maximum Gasteiger partial charge on any atom is 0.317 e. The fourth-order valence-corrected chi connectivity index (χ4v) is 3.04. The van der Waals surface area contributed by atoms with E-state index in [9.17, 15) is 4.79 Å². The number of carbonyl (C=O) groups excluding carboxylic acids is 1. The lowest BCUT2D eigenvalue weighted by molar-refractivity contribution is 0.183. The second-order valence-corrected chi connectivity index (χ2v) is 6.46. The lowest BCUT2D eigenvalue weighted by Crippen LogP contribution is -2.52. The molecule has 0 radical (unpaired) electrons. The van der Waals surface area contributed by atoms with Crippen LogP contribution in [-0.4, -0.2) is 57.4 Å². The van der Waals surface area contributed by atoms with Gasteiger partial charge in [0.25, 0.3) is 0 Å². The van der Waals surface area contributed by atoms with Crippen molar-refractivity contribution in [1.29, 1.82) is 0 Å². The molecule has 1 aliphatic heterocycles. The standard InChI is InChI=1S/C21H27N3O3/c1-26-17-5-12-22-21(25)24-15-13-23(14-16-24)18-8-10-20(11-9-18)27-19-6-3-2-4-7-19/h2-4,6-11H,5,12-17H2,1H3,(H,22,25). The second-order valence-electron chi connectivity index (χ2n) is 6.46. The van der Waals surface area contributed by atoms with E-state index in [1.807, 2.05) is 47.4 Å². The number of anilines is 1. The molecule has 3 rings (SSSR count). The molecule has 1 heterocycles. The van der Waals surface area contributed by atoms with Crippen LogP contribution in [-0.2, 0) is 4.74 Å². The topological polar surface area (TPSA) is 54.0 Å². The lowest BCUT2D eigenvalue weighted by atomic mass is 10.2. The average molecular weight is 369 g/mol. The number of hydrogen-bond donors (Lipinski definition) is 1. The Bertz CT molecular complexity index is 698. The Kier molecular flexibility index (Phi) is 6.93. The van der Waals surface area contributed by atoms with Gasteiger partial charge in [-0.25, -0.2) is 4.79 Å². The number of amides is 2. The van der Waals surface area contributed by atoms with Gasteiger partial charge in [0.05, 0.1) is 0 Å². The lowest BCUT2D eigenvalue weighted by Gasteiger charge is -2.36. The SMILES string of the molecule is COCCCNC(=O)N1CCN(c2ccc(Oc3ccccc3)cc2)CC1. The molecule has 27 heavy (non-hydrogen) atoms. The molecule has 0 unspecified atom stereocenters. The molecule has 2 amide bonds.